The van der Waals surface area contributed by atoms with Gasteiger partial charge < -0.3 is 4.74 Å². The minimum absolute atomic E-state index is 0.0304. The lowest BCUT2D eigenvalue weighted by Crippen LogP contribution is -1.97. The van der Waals surface area contributed by atoms with E-state index < -0.39 is 0 Å². The zero-order valence-electron chi connectivity index (χ0n) is 12.7. The summed E-state index contributed by atoms with van der Waals surface area (Å²) in [5.41, 5.74) is 2.40. The highest BCUT2D eigenvalue weighted by Crippen LogP contribution is 2.33. The monoisotopic (exact) mass is 383 g/mol. The summed E-state index contributed by atoms with van der Waals surface area (Å²) in [7, 11) is 0. The van der Waals surface area contributed by atoms with Gasteiger partial charge in [-0.2, -0.15) is 0 Å². The van der Waals surface area contributed by atoms with E-state index in [1.165, 1.54) is 6.07 Å². The van der Waals surface area contributed by atoms with Crippen LogP contribution in [0.4, 0.5) is 5.69 Å². The van der Waals surface area contributed by atoms with Crippen LogP contribution in [-0.4, -0.2) is 4.92 Å². The van der Waals surface area contributed by atoms with Crippen molar-refractivity contribution in [3.05, 3.63) is 92.9 Å². The highest BCUT2D eigenvalue weighted by atomic mass is 79.9. The number of hydrogen-bond donors (Lipinski definition) is 0. The first-order valence-electron chi connectivity index (χ1n) is 7.34. The van der Waals surface area contributed by atoms with Crippen molar-refractivity contribution in [2.45, 2.75) is 6.61 Å². The molecule has 3 aromatic carbocycles. The van der Waals surface area contributed by atoms with E-state index in [1.54, 1.807) is 12.1 Å². The van der Waals surface area contributed by atoms with Gasteiger partial charge in [0.2, 0.25) is 0 Å². The quantitative estimate of drug-likeness (QED) is 0.425. The summed E-state index contributed by atoms with van der Waals surface area (Å²) in [6.07, 6.45) is 0. The molecular formula is C19H14BrNO3. The summed E-state index contributed by atoms with van der Waals surface area (Å²) < 4.78 is 6.61. The topological polar surface area (TPSA) is 52.4 Å². The molecule has 120 valence electrons. The molecule has 0 aliphatic carbocycles. The van der Waals surface area contributed by atoms with Crippen LogP contribution in [-0.2, 0) is 6.61 Å². The smallest absolute Gasteiger partial charge is 0.280 e. The Labute approximate surface area is 148 Å². The van der Waals surface area contributed by atoms with E-state index in [4.69, 9.17) is 4.74 Å². The Balaban J connectivity index is 1.87. The van der Waals surface area contributed by atoms with Gasteiger partial charge in [-0.05, 0) is 35.4 Å². The van der Waals surface area contributed by atoms with Crippen LogP contribution >= 0.6 is 15.9 Å². The third-order valence-corrected chi connectivity index (χ3v) is 4.10. The maximum atomic E-state index is 11.4. The molecule has 0 bridgehead atoms. The molecule has 0 saturated heterocycles. The van der Waals surface area contributed by atoms with Gasteiger partial charge in [0.25, 0.3) is 5.69 Å². The van der Waals surface area contributed by atoms with Gasteiger partial charge in [0.1, 0.15) is 12.4 Å². The summed E-state index contributed by atoms with van der Waals surface area (Å²) in [6, 6.07) is 22.0. The molecule has 0 fully saturated rings. The van der Waals surface area contributed by atoms with Crippen molar-refractivity contribution in [3.8, 4) is 16.9 Å². The fourth-order valence-corrected chi connectivity index (χ4v) is 2.63. The molecule has 0 aromatic heterocycles. The second-order valence-electron chi connectivity index (χ2n) is 5.22. The molecule has 0 aliphatic rings. The molecule has 0 saturated carbocycles. The minimum atomic E-state index is -0.382. The highest BCUT2D eigenvalue weighted by Gasteiger charge is 2.16. The molecule has 0 amide bonds. The van der Waals surface area contributed by atoms with Gasteiger partial charge >= 0.3 is 0 Å². The van der Waals surface area contributed by atoms with E-state index in [-0.39, 0.29) is 10.6 Å². The van der Waals surface area contributed by atoms with Crippen molar-refractivity contribution < 1.29 is 9.66 Å². The maximum Gasteiger partial charge on any atom is 0.280 e. The van der Waals surface area contributed by atoms with Crippen molar-refractivity contribution >= 4 is 21.6 Å². The molecule has 3 rings (SSSR count). The van der Waals surface area contributed by atoms with Gasteiger partial charge in [-0.25, -0.2) is 0 Å². The van der Waals surface area contributed by atoms with Gasteiger partial charge in [-0.1, -0.05) is 58.4 Å². The molecule has 0 spiro atoms. The van der Waals surface area contributed by atoms with Gasteiger partial charge in [0.15, 0.2) is 0 Å². The average molecular weight is 384 g/mol. The van der Waals surface area contributed by atoms with Gasteiger partial charge in [0.05, 0.1) is 16.6 Å². The average Bonchev–Trinajstić information content (AvgIpc) is 2.61. The summed E-state index contributed by atoms with van der Waals surface area (Å²) in [4.78, 5) is 11.0. The largest absolute Gasteiger partial charge is 0.489 e. The Bertz CT molecular complexity index is 848. The van der Waals surface area contributed by atoms with Gasteiger partial charge in [-0.15, -0.1) is 0 Å². The number of ether oxygens (including phenoxy) is 1. The van der Waals surface area contributed by atoms with Crippen LogP contribution in [0.3, 0.4) is 0 Å². The van der Waals surface area contributed by atoms with Crippen molar-refractivity contribution in [3.63, 3.8) is 0 Å². The van der Waals surface area contributed by atoms with Crippen LogP contribution < -0.4 is 4.74 Å². The molecule has 4 nitrogen and oxygen atoms in total. The molecule has 0 radical (unpaired) electrons. The Morgan fingerprint density at radius 1 is 0.958 bits per heavy atom. The molecule has 0 N–H and O–H groups in total. The first-order valence-corrected chi connectivity index (χ1v) is 8.14. The second-order valence-corrected chi connectivity index (χ2v) is 6.13. The number of halogens is 1. The Morgan fingerprint density at radius 2 is 1.67 bits per heavy atom. The van der Waals surface area contributed by atoms with Crippen LogP contribution in [0.15, 0.2) is 77.3 Å². The summed E-state index contributed by atoms with van der Waals surface area (Å²) >= 11 is 3.37. The van der Waals surface area contributed by atoms with Crippen LogP contribution in [0, 0.1) is 10.1 Å². The van der Waals surface area contributed by atoms with E-state index in [0.717, 1.165) is 15.6 Å². The van der Waals surface area contributed by atoms with Crippen molar-refractivity contribution in [1.29, 1.82) is 0 Å². The van der Waals surface area contributed by atoms with E-state index in [0.29, 0.717) is 17.9 Å². The minimum Gasteiger partial charge on any atom is -0.489 e. The van der Waals surface area contributed by atoms with E-state index in [9.17, 15) is 10.1 Å². The number of nitro benzene ring substituents is 1. The lowest BCUT2D eigenvalue weighted by Gasteiger charge is -2.09. The normalized spacial score (nSPS) is 10.4. The Hall–Kier alpha value is -2.66. The predicted molar refractivity (Wildman–Crippen MR) is 97.0 cm³/mol. The van der Waals surface area contributed by atoms with Crippen LogP contribution in [0.2, 0.25) is 0 Å². The fraction of sp³-hybridized carbons (Fsp3) is 0.0526. The van der Waals surface area contributed by atoms with Crippen LogP contribution in [0.1, 0.15) is 5.56 Å². The molecule has 0 unspecified atom stereocenters. The molecule has 24 heavy (non-hydrogen) atoms. The Morgan fingerprint density at radius 3 is 2.33 bits per heavy atom. The molecule has 3 aromatic rings. The lowest BCUT2D eigenvalue weighted by atomic mass is 10.0. The van der Waals surface area contributed by atoms with Crippen LogP contribution in [0.5, 0.6) is 5.75 Å². The maximum absolute atomic E-state index is 11.4. The molecular weight excluding hydrogens is 370 g/mol. The third kappa shape index (κ3) is 3.81. The van der Waals surface area contributed by atoms with Gasteiger partial charge in [-0.3, -0.25) is 10.1 Å². The van der Waals surface area contributed by atoms with Crippen molar-refractivity contribution in [2.24, 2.45) is 0 Å². The predicted octanol–water partition coefficient (Wildman–Crippen LogP) is 5.60. The van der Waals surface area contributed by atoms with E-state index in [1.807, 2.05) is 54.6 Å². The molecule has 0 aliphatic heterocycles. The summed E-state index contributed by atoms with van der Waals surface area (Å²) in [5.74, 6) is 0.478. The standard InChI is InChI=1S/C19H14BrNO3/c20-16-8-6-15(7-9-16)18-11-10-17(12-19(18)21(22)23)24-13-14-4-2-1-3-5-14/h1-12H,13H2. The zero-order valence-corrected chi connectivity index (χ0v) is 14.3. The SMILES string of the molecule is O=[N+]([O-])c1cc(OCc2ccccc2)ccc1-c1ccc(Br)cc1. The number of nitro groups is 1. The first-order chi connectivity index (χ1) is 11.6. The molecule has 5 heteroatoms. The number of nitrogens with zero attached hydrogens (tertiary/aromatic N) is 1. The third-order valence-electron chi connectivity index (χ3n) is 3.57. The number of benzene rings is 3. The van der Waals surface area contributed by atoms with E-state index in [2.05, 4.69) is 15.9 Å². The number of rotatable bonds is 5. The first kappa shape index (κ1) is 16.2. The van der Waals surface area contributed by atoms with E-state index >= 15 is 0 Å². The molecule has 0 atom stereocenters. The van der Waals surface area contributed by atoms with Crippen molar-refractivity contribution in [2.75, 3.05) is 0 Å². The summed E-state index contributed by atoms with van der Waals surface area (Å²) in [5, 5.41) is 11.4. The Kier molecular flexibility index (Phi) is 4.91. The highest BCUT2D eigenvalue weighted by molar-refractivity contribution is 9.10. The fourth-order valence-electron chi connectivity index (χ4n) is 2.37. The lowest BCUT2D eigenvalue weighted by molar-refractivity contribution is -0.384. The summed E-state index contributed by atoms with van der Waals surface area (Å²) in [6.45, 7) is 0.371. The second kappa shape index (κ2) is 7.27. The number of hydrogen-bond acceptors (Lipinski definition) is 3. The van der Waals surface area contributed by atoms with Gasteiger partial charge in [0, 0.05) is 4.47 Å². The molecule has 0 heterocycles. The zero-order chi connectivity index (χ0) is 16.9. The van der Waals surface area contributed by atoms with Crippen LogP contribution in [0.25, 0.3) is 11.1 Å². The van der Waals surface area contributed by atoms with Crippen molar-refractivity contribution in [1.82, 2.24) is 0 Å².